The van der Waals surface area contributed by atoms with Gasteiger partial charge in [-0.2, -0.15) is 0 Å². The summed E-state index contributed by atoms with van der Waals surface area (Å²) in [6.07, 6.45) is 11.3. The molecule has 2 aliphatic rings. The SMILES string of the molecule is CN(C(=O)NCC1CCCOC1C(C)(C)C)C1CCCCCCC1. The number of hydrogen-bond acceptors (Lipinski definition) is 2. The second-order valence-electron chi connectivity index (χ2n) is 8.86. The van der Waals surface area contributed by atoms with Crippen molar-refractivity contribution in [2.24, 2.45) is 11.3 Å². The molecule has 140 valence electrons. The van der Waals surface area contributed by atoms with E-state index >= 15 is 0 Å². The van der Waals surface area contributed by atoms with Gasteiger partial charge in [0.2, 0.25) is 0 Å². The van der Waals surface area contributed by atoms with Gasteiger partial charge in [-0.3, -0.25) is 0 Å². The lowest BCUT2D eigenvalue weighted by Gasteiger charge is -2.40. The van der Waals surface area contributed by atoms with Gasteiger partial charge in [0, 0.05) is 32.2 Å². The molecule has 1 heterocycles. The number of carbonyl (C=O) groups is 1. The zero-order chi connectivity index (χ0) is 17.6. The zero-order valence-corrected chi connectivity index (χ0v) is 16.3. The van der Waals surface area contributed by atoms with Crippen LogP contribution in [-0.2, 0) is 4.74 Å². The minimum Gasteiger partial charge on any atom is -0.377 e. The summed E-state index contributed by atoms with van der Waals surface area (Å²) in [5.74, 6) is 0.424. The van der Waals surface area contributed by atoms with Crippen LogP contribution in [0.5, 0.6) is 0 Å². The Labute approximate surface area is 148 Å². The van der Waals surface area contributed by atoms with Crippen molar-refractivity contribution >= 4 is 6.03 Å². The Bertz CT molecular complexity index is 384. The van der Waals surface area contributed by atoms with E-state index in [1.165, 1.54) is 32.1 Å². The van der Waals surface area contributed by atoms with Crippen LogP contribution < -0.4 is 5.32 Å². The monoisotopic (exact) mass is 338 g/mol. The minimum absolute atomic E-state index is 0.0961. The predicted octanol–water partition coefficient (Wildman–Crippen LogP) is 4.58. The van der Waals surface area contributed by atoms with Gasteiger partial charge in [0.15, 0.2) is 0 Å². The smallest absolute Gasteiger partial charge is 0.317 e. The average molecular weight is 339 g/mol. The summed E-state index contributed by atoms with van der Waals surface area (Å²) in [6.45, 7) is 8.29. The third kappa shape index (κ3) is 5.65. The Kier molecular flexibility index (Phi) is 7.39. The first-order valence-corrected chi connectivity index (χ1v) is 10.0. The molecule has 1 saturated carbocycles. The molecule has 4 heteroatoms. The highest BCUT2D eigenvalue weighted by molar-refractivity contribution is 5.74. The van der Waals surface area contributed by atoms with E-state index < -0.39 is 0 Å². The van der Waals surface area contributed by atoms with Gasteiger partial charge in [0.1, 0.15) is 0 Å². The first kappa shape index (κ1) is 19.6. The van der Waals surface area contributed by atoms with E-state index in [1.807, 2.05) is 11.9 Å². The molecule has 2 atom stereocenters. The maximum atomic E-state index is 12.6. The third-order valence-electron chi connectivity index (χ3n) is 5.76. The summed E-state index contributed by atoms with van der Waals surface area (Å²) in [6, 6.07) is 0.505. The Hall–Kier alpha value is -0.770. The van der Waals surface area contributed by atoms with Crippen LogP contribution in [0.1, 0.15) is 78.6 Å². The van der Waals surface area contributed by atoms with E-state index in [1.54, 1.807) is 0 Å². The van der Waals surface area contributed by atoms with Crippen molar-refractivity contribution in [3.63, 3.8) is 0 Å². The summed E-state index contributed by atoms with van der Waals surface area (Å²) in [5, 5.41) is 3.19. The van der Waals surface area contributed by atoms with Crippen LogP contribution in [0.15, 0.2) is 0 Å². The van der Waals surface area contributed by atoms with Crippen LogP contribution in [0.4, 0.5) is 4.79 Å². The molecule has 2 amide bonds. The molecule has 0 bridgehead atoms. The predicted molar refractivity (Wildman–Crippen MR) is 99.2 cm³/mol. The number of amides is 2. The molecule has 0 aromatic heterocycles. The summed E-state index contributed by atoms with van der Waals surface area (Å²) >= 11 is 0. The molecular formula is C20H38N2O2. The van der Waals surface area contributed by atoms with Gasteiger partial charge in [-0.05, 0) is 31.1 Å². The quantitative estimate of drug-likeness (QED) is 0.818. The second-order valence-corrected chi connectivity index (χ2v) is 8.86. The number of urea groups is 1. The highest BCUT2D eigenvalue weighted by atomic mass is 16.5. The number of nitrogens with one attached hydrogen (secondary N) is 1. The first-order chi connectivity index (χ1) is 11.4. The molecule has 2 rings (SSSR count). The van der Waals surface area contributed by atoms with E-state index in [2.05, 4.69) is 26.1 Å². The number of nitrogens with zero attached hydrogens (tertiary/aromatic N) is 1. The Morgan fingerprint density at radius 1 is 1.04 bits per heavy atom. The van der Waals surface area contributed by atoms with Gasteiger partial charge in [0.25, 0.3) is 0 Å². The van der Waals surface area contributed by atoms with Gasteiger partial charge < -0.3 is 15.0 Å². The molecule has 0 radical (unpaired) electrons. The highest BCUT2D eigenvalue weighted by Gasteiger charge is 2.35. The lowest BCUT2D eigenvalue weighted by Crippen LogP contribution is -2.49. The molecule has 1 aliphatic heterocycles. The lowest BCUT2D eigenvalue weighted by molar-refractivity contribution is -0.0839. The van der Waals surface area contributed by atoms with Crippen LogP contribution in [0.3, 0.4) is 0 Å². The van der Waals surface area contributed by atoms with Crippen molar-refractivity contribution in [1.82, 2.24) is 10.2 Å². The first-order valence-electron chi connectivity index (χ1n) is 10.0. The van der Waals surface area contributed by atoms with E-state index in [4.69, 9.17) is 4.74 Å². The molecule has 2 fully saturated rings. The topological polar surface area (TPSA) is 41.6 Å². The fourth-order valence-electron chi connectivity index (χ4n) is 4.34. The van der Waals surface area contributed by atoms with Gasteiger partial charge in [-0.25, -0.2) is 4.79 Å². The number of rotatable bonds is 3. The molecule has 1 aliphatic carbocycles. The van der Waals surface area contributed by atoms with E-state index in [9.17, 15) is 4.79 Å². The van der Waals surface area contributed by atoms with E-state index in [-0.39, 0.29) is 17.6 Å². The Morgan fingerprint density at radius 2 is 1.67 bits per heavy atom. The van der Waals surface area contributed by atoms with Crippen LogP contribution in [0.2, 0.25) is 0 Å². The number of carbonyl (C=O) groups excluding carboxylic acids is 1. The van der Waals surface area contributed by atoms with E-state index in [0.717, 1.165) is 38.8 Å². The van der Waals surface area contributed by atoms with Gasteiger partial charge >= 0.3 is 6.03 Å². The van der Waals surface area contributed by atoms with Crippen molar-refractivity contribution < 1.29 is 9.53 Å². The molecular weight excluding hydrogens is 300 g/mol. The Morgan fingerprint density at radius 3 is 2.29 bits per heavy atom. The summed E-state index contributed by atoms with van der Waals surface area (Å²) in [7, 11) is 1.97. The molecule has 2 unspecified atom stereocenters. The van der Waals surface area contributed by atoms with Crippen LogP contribution in [-0.4, -0.2) is 43.3 Å². The fourth-order valence-corrected chi connectivity index (χ4v) is 4.34. The van der Waals surface area contributed by atoms with Crippen molar-refractivity contribution in [2.45, 2.75) is 90.7 Å². The van der Waals surface area contributed by atoms with Crippen molar-refractivity contribution in [3.8, 4) is 0 Å². The normalized spacial score (nSPS) is 27.2. The molecule has 4 nitrogen and oxygen atoms in total. The number of ether oxygens (including phenoxy) is 1. The summed E-state index contributed by atoms with van der Waals surface area (Å²) in [4.78, 5) is 14.6. The molecule has 1 saturated heterocycles. The van der Waals surface area contributed by atoms with Crippen molar-refractivity contribution in [3.05, 3.63) is 0 Å². The second kappa shape index (κ2) is 9.07. The maximum absolute atomic E-state index is 12.6. The van der Waals surface area contributed by atoms with Gasteiger partial charge in [-0.15, -0.1) is 0 Å². The standard InChI is InChI=1S/C20H38N2O2/c1-20(2,3)18-16(11-10-14-24-18)15-21-19(23)22(4)17-12-8-6-5-7-9-13-17/h16-18H,5-15H2,1-4H3,(H,21,23). The molecule has 1 N–H and O–H groups in total. The van der Waals surface area contributed by atoms with Gasteiger partial charge in [0.05, 0.1) is 6.10 Å². The van der Waals surface area contributed by atoms with Crippen molar-refractivity contribution in [1.29, 1.82) is 0 Å². The fraction of sp³-hybridized carbons (Fsp3) is 0.950. The van der Waals surface area contributed by atoms with E-state index in [0.29, 0.717) is 12.0 Å². The number of hydrogen-bond donors (Lipinski definition) is 1. The Balaban J connectivity index is 1.84. The van der Waals surface area contributed by atoms with Gasteiger partial charge in [-0.1, -0.05) is 52.9 Å². The molecule has 24 heavy (non-hydrogen) atoms. The minimum atomic E-state index is 0.0961. The maximum Gasteiger partial charge on any atom is 0.317 e. The summed E-state index contributed by atoms with van der Waals surface area (Å²) < 4.78 is 6.03. The zero-order valence-electron chi connectivity index (χ0n) is 16.3. The van der Waals surface area contributed by atoms with Crippen LogP contribution >= 0.6 is 0 Å². The lowest BCUT2D eigenvalue weighted by atomic mass is 9.78. The highest BCUT2D eigenvalue weighted by Crippen LogP contribution is 2.33. The van der Waals surface area contributed by atoms with Crippen molar-refractivity contribution in [2.75, 3.05) is 20.2 Å². The van der Waals surface area contributed by atoms with Crippen LogP contribution in [0.25, 0.3) is 0 Å². The molecule has 0 spiro atoms. The largest absolute Gasteiger partial charge is 0.377 e. The molecule has 0 aromatic carbocycles. The van der Waals surface area contributed by atoms with Crippen LogP contribution in [0, 0.1) is 11.3 Å². The third-order valence-corrected chi connectivity index (χ3v) is 5.76. The average Bonchev–Trinajstić information content (AvgIpc) is 2.51. The molecule has 0 aromatic rings. The summed E-state index contributed by atoms with van der Waals surface area (Å²) in [5.41, 5.74) is 0.126.